The Labute approximate surface area is 124 Å². The van der Waals surface area contributed by atoms with Gasteiger partial charge >= 0.3 is 0 Å². The highest BCUT2D eigenvalue weighted by molar-refractivity contribution is 5.31. The first kappa shape index (κ1) is 15.4. The average Bonchev–Trinajstić information content (AvgIpc) is 2.53. The van der Waals surface area contributed by atoms with E-state index in [1.165, 1.54) is 0 Å². The van der Waals surface area contributed by atoms with Gasteiger partial charge in [-0.05, 0) is 42.3 Å². The molecule has 1 unspecified atom stereocenters. The Balaban J connectivity index is 1.95. The van der Waals surface area contributed by atoms with Crippen molar-refractivity contribution in [3.05, 3.63) is 59.7 Å². The summed E-state index contributed by atoms with van der Waals surface area (Å²) < 4.78 is 10.7. The number of aliphatic hydroxyl groups is 2. The zero-order chi connectivity index (χ0) is 15.2. The van der Waals surface area contributed by atoms with Gasteiger partial charge in [0.05, 0.1) is 13.2 Å². The molecule has 0 spiro atoms. The Bertz CT molecular complexity index is 563. The molecule has 0 aliphatic carbocycles. The first-order chi connectivity index (χ1) is 10.1. The lowest BCUT2D eigenvalue weighted by molar-refractivity contribution is 0.108. The summed E-state index contributed by atoms with van der Waals surface area (Å²) in [6.07, 6.45) is -1.22. The van der Waals surface area contributed by atoms with E-state index in [0.717, 1.165) is 11.1 Å². The van der Waals surface area contributed by atoms with Gasteiger partial charge in [-0.25, -0.2) is 0 Å². The molecule has 4 heteroatoms. The van der Waals surface area contributed by atoms with Crippen molar-refractivity contribution in [2.75, 3.05) is 13.7 Å². The van der Waals surface area contributed by atoms with Crippen molar-refractivity contribution in [3.63, 3.8) is 0 Å². The van der Waals surface area contributed by atoms with Gasteiger partial charge in [0.2, 0.25) is 0 Å². The second-order valence-corrected chi connectivity index (χ2v) is 4.85. The summed E-state index contributed by atoms with van der Waals surface area (Å²) in [7, 11) is 1.59. The molecule has 2 aromatic carbocycles. The fraction of sp³-hybridized carbons (Fsp3) is 0.294. The van der Waals surface area contributed by atoms with Gasteiger partial charge in [0.25, 0.3) is 0 Å². The van der Waals surface area contributed by atoms with E-state index in [9.17, 15) is 10.2 Å². The molecule has 4 nitrogen and oxygen atoms in total. The molecule has 2 atom stereocenters. The molecule has 0 aliphatic rings. The third-order valence-corrected chi connectivity index (χ3v) is 3.25. The Morgan fingerprint density at radius 2 is 1.67 bits per heavy atom. The van der Waals surface area contributed by atoms with Crippen molar-refractivity contribution >= 4 is 0 Å². The molecular formula is C17H20O4. The lowest BCUT2D eigenvalue weighted by atomic mass is 10.1. The van der Waals surface area contributed by atoms with Crippen LogP contribution in [0.4, 0.5) is 0 Å². The van der Waals surface area contributed by atoms with Crippen LogP contribution in [0.1, 0.15) is 30.3 Å². The van der Waals surface area contributed by atoms with Crippen LogP contribution in [-0.2, 0) is 0 Å². The van der Waals surface area contributed by atoms with E-state index in [-0.39, 0.29) is 6.61 Å². The van der Waals surface area contributed by atoms with Crippen LogP contribution < -0.4 is 9.47 Å². The van der Waals surface area contributed by atoms with Crippen molar-refractivity contribution in [1.82, 2.24) is 0 Å². The Kier molecular flexibility index (Phi) is 5.20. The summed E-state index contributed by atoms with van der Waals surface area (Å²) in [6, 6.07) is 14.4. The highest BCUT2D eigenvalue weighted by atomic mass is 16.5. The standard InChI is InChI=1S/C17H20O4/c1-12(18)13-6-8-15(9-7-13)21-11-17(19)14-4-3-5-16(10-14)20-2/h3-10,12,17-19H,11H2,1-2H3/t12-,17?/m1/s1. The summed E-state index contributed by atoms with van der Waals surface area (Å²) in [5, 5.41) is 19.6. The average molecular weight is 288 g/mol. The Hall–Kier alpha value is -2.04. The number of methoxy groups -OCH3 is 1. The van der Waals surface area contributed by atoms with E-state index in [1.807, 2.05) is 18.2 Å². The quantitative estimate of drug-likeness (QED) is 0.858. The van der Waals surface area contributed by atoms with Crippen LogP contribution >= 0.6 is 0 Å². The van der Waals surface area contributed by atoms with E-state index in [1.54, 1.807) is 44.4 Å². The van der Waals surface area contributed by atoms with Crippen LogP contribution in [0, 0.1) is 0 Å². The van der Waals surface area contributed by atoms with Gasteiger partial charge in [0.15, 0.2) is 0 Å². The van der Waals surface area contributed by atoms with E-state index >= 15 is 0 Å². The molecule has 21 heavy (non-hydrogen) atoms. The molecule has 2 rings (SSSR count). The maximum atomic E-state index is 10.1. The molecule has 0 heterocycles. The summed E-state index contributed by atoms with van der Waals surface area (Å²) in [5.74, 6) is 1.36. The number of hydrogen-bond acceptors (Lipinski definition) is 4. The Morgan fingerprint density at radius 1 is 0.952 bits per heavy atom. The van der Waals surface area contributed by atoms with Gasteiger partial charge in [-0.2, -0.15) is 0 Å². The van der Waals surface area contributed by atoms with Gasteiger partial charge in [-0.3, -0.25) is 0 Å². The largest absolute Gasteiger partial charge is 0.497 e. The van der Waals surface area contributed by atoms with Crippen LogP contribution in [0.2, 0.25) is 0 Å². The van der Waals surface area contributed by atoms with Crippen LogP contribution in [0.15, 0.2) is 48.5 Å². The van der Waals surface area contributed by atoms with E-state index in [0.29, 0.717) is 11.5 Å². The molecule has 0 radical (unpaired) electrons. The number of benzene rings is 2. The molecular weight excluding hydrogens is 268 g/mol. The lowest BCUT2D eigenvalue weighted by Gasteiger charge is -2.14. The highest BCUT2D eigenvalue weighted by Crippen LogP contribution is 2.21. The van der Waals surface area contributed by atoms with Crippen molar-refractivity contribution in [2.45, 2.75) is 19.1 Å². The summed E-state index contributed by atoms with van der Waals surface area (Å²) in [6.45, 7) is 1.86. The molecule has 112 valence electrons. The van der Waals surface area contributed by atoms with Gasteiger partial charge < -0.3 is 19.7 Å². The molecule has 0 fully saturated rings. The lowest BCUT2D eigenvalue weighted by Crippen LogP contribution is -2.09. The zero-order valence-corrected chi connectivity index (χ0v) is 12.2. The maximum absolute atomic E-state index is 10.1. The first-order valence-electron chi connectivity index (χ1n) is 6.83. The third kappa shape index (κ3) is 4.21. The summed E-state index contributed by atoms with van der Waals surface area (Å²) in [5.41, 5.74) is 1.57. The van der Waals surface area contributed by atoms with Gasteiger partial charge in [0, 0.05) is 0 Å². The van der Waals surface area contributed by atoms with E-state index < -0.39 is 12.2 Å². The molecule has 0 saturated carbocycles. The van der Waals surface area contributed by atoms with Crippen molar-refractivity contribution < 1.29 is 19.7 Å². The first-order valence-corrected chi connectivity index (χ1v) is 6.83. The van der Waals surface area contributed by atoms with Crippen LogP contribution in [-0.4, -0.2) is 23.9 Å². The highest BCUT2D eigenvalue weighted by Gasteiger charge is 2.09. The minimum absolute atomic E-state index is 0.154. The molecule has 2 aromatic rings. The van der Waals surface area contributed by atoms with Crippen LogP contribution in [0.25, 0.3) is 0 Å². The minimum Gasteiger partial charge on any atom is -0.497 e. The monoisotopic (exact) mass is 288 g/mol. The van der Waals surface area contributed by atoms with Crippen LogP contribution in [0.3, 0.4) is 0 Å². The second kappa shape index (κ2) is 7.11. The predicted molar refractivity (Wildman–Crippen MR) is 80.5 cm³/mol. The third-order valence-electron chi connectivity index (χ3n) is 3.25. The normalized spacial score (nSPS) is 13.5. The second-order valence-electron chi connectivity index (χ2n) is 4.85. The molecule has 0 amide bonds. The molecule has 0 bridgehead atoms. The molecule has 2 N–H and O–H groups in total. The van der Waals surface area contributed by atoms with Gasteiger partial charge in [-0.15, -0.1) is 0 Å². The molecule has 0 saturated heterocycles. The SMILES string of the molecule is COc1cccc(C(O)COc2ccc([C@@H](C)O)cc2)c1. The van der Waals surface area contributed by atoms with Gasteiger partial charge in [-0.1, -0.05) is 24.3 Å². The fourth-order valence-corrected chi connectivity index (χ4v) is 1.96. The minimum atomic E-state index is -0.725. The van der Waals surface area contributed by atoms with Crippen molar-refractivity contribution in [3.8, 4) is 11.5 Å². The maximum Gasteiger partial charge on any atom is 0.119 e. The van der Waals surface area contributed by atoms with E-state index in [4.69, 9.17) is 9.47 Å². The Morgan fingerprint density at radius 3 is 2.29 bits per heavy atom. The zero-order valence-electron chi connectivity index (χ0n) is 12.2. The smallest absolute Gasteiger partial charge is 0.119 e. The summed E-state index contributed by atoms with van der Waals surface area (Å²) >= 11 is 0. The fourth-order valence-electron chi connectivity index (χ4n) is 1.96. The topological polar surface area (TPSA) is 58.9 Å². The van der Waals surface area contributed by atoms with Gasteiger partial charge in [0.1, 0.15) is 24.2 Å². The number of aliphatic hydroxyl groups excluding tert-OH is 2. The van der Waals surface area contributed by atoms with E-state index in [2.05, 4.69) is 0 Å². The molecule has 0 aromatic heterocycles. The molecule has 0 aliphatic heterocycles. The predicted octanol–water partition coefficient (Wildman–Crippen LogP) is 2.86. The van der Waals surface area contributed by atoms with Crippen molar-refractivity contribution in [1.29, 1.82) is 0 Å². The number of ether oxygens (including phenoxy) is 2. The number of hydrogen-bond donors (Lipinski definition) is 2. The number of rotatable bonds is 6. The summed E-state index contributed by atoms with van der Waals surface area (Å²) in [4.78, 5) is 0. The van der Waals surface area contributed by atoms with Crippen LogP contribution in [0.5, 0.6) is 11.5 Å². The van der Waals surface area contributed by atoms with Crippen molar-refractivity contribution in [2.24, 2.45) is 0 Å².